The number of fused-ring (bicyclic) bond motifs is 1. The van der Waals surface area contributed by atoms with Crippen molar-refractivity contribution in [2.45, 2.75) is 58.1 Å². The summed E-state index contributed by atoms with van der Waals surface area (Å²) in [5, 5.41) is 14.0. The number of amides is 1. The SMILES string of the molecule is Cc1ccnc(-c2ccc3c(C#N)c(-c4ccc(NC(=O)O[C@H](C)C5CC5)cc4)n(C4CCC4)c3c2)c1.[HH]. The number of pyridine rings is 1. The van der Waals surface area contributed by atoms with Gasteiger partial charge in [0, 0.05) is 30.3 Å². The lowest BCUT2D eigenvalue weighted by atomic mass is 9.92. The highest BCUT2D eigenvalue weighted by Crippen LogP contribution is 2.43. The fourth-order valence-corrected chi connectivity index (χ4v) is 5.27. The first-order valence-electron chi connectivity index (χ1n) is 13.1. The molecule has 2 saturated carbocycles. The Morgan fingerprint density at radius 3 is 2.51 bits per heavy atom. The number of benzene rings is 2. The Kier molecular flexibility index (Phi) is 5.92. The highest BCUT2D eigenvalue weighted by Gasteiger charge is 2.31. The molecule has 2 heterocycles. The number of aryl methyl sites for hydroxylation is 1. The van der Waals surface area contributed by atoms with E-state index in [1.807, 2.05) is 43.5 Å². The minimum atomic E-state index is -0.425. The summed E-state index contributed by atoms with van der Waals surface area (Å²) in [4.78, 5) is 16.9. The van der Waals surface area contributed by atoms with Crippen LogP contribution in [0, 0.1) is 24.2 Å². The van der Waals surface area contributed by atoms with Gasteiger partial charge in [-0.3, -0.25) is 10.3 Å². The van der Waals surface area contributed by atoms with E-state index in [0.717, 1.165) is 64.7 Å². The number of nitrogens with zero attached hydrogens (tertiary/aromatic N) is 3. The Balaban J connectivity index is 0.00000294. The van der Waals surface area contributed by atoms with Gasteiger partial charge in [-0.2, -0.15) is 5.26 Å². The summed E-state index contributed by atoms with van der Waals surface area (Å²) < 4.78 is 7.85. The van der Waals surface area contributed by atoms with E-state index in [4.69, 9.17) is 4.74 Å². The normalized spacial score (nSPS) is 16.1. The van der Waals surface area contributed by atoms with Gasteiger partial charge in [0.25, 0.3) is 0 Å². The van der Waals surface area contributed by atoms with Crippen LogP contribution in [0.25, 0.3) is 33.4 Å². The molecule has 188 valence electrons. The quantitative estimate of drug-likeness (QED) is 0.297. The summed E-state index contributed by atoms with van der Waals surface area (Å²) in [5.41, 5.74) is 7.46. The first kappa shape index (κ1) is 23.3. The maximum atomic E-state index is 12.3. The van der Waals surface area contributed by atoms with Crippen molar-refractivity contribution >= 4 is 22.7 Å². The first-order valence-corrected chi connectivity index (χ1v) is 13.1. The average Bonchev–Trinajstić information content (AvgIpc) is 3.67. The van der Waals surface area contributed by atoms with Crippen molar-refractivity contribution in [2.24, 2.45) is 5.92 Å². The third kappa shape index (κ3) is 4.46. The monoisotopic (exact) mass is 492 g/mol. The second-order valence-electron chi connectivity index (χ2n) is 10.4. The number of nitriles is 1. The van der Waals surface area contributed by atoms with Crippen LogP contribution in [-0.4, -0.2) is 21.7 Å². The number of rotatable bonds is 6. The van der Waals surface area contributed by atoms with Gasteiger partial charge in [0.1, 0.15) is 12.2 Å². The van der Waals surface area contributed by atoms with Crippen molar-refractivity contribution in [3.63, 3.8) is 0 Å². The van der Waals surface area contributed by atoms with Gasteiger partial charge in [0.05, 0.1) is 22.5 Å². The predicted molar refractivity (Wildman–Crippen MR) is 147 cm³/mol. The Labute approximate surface area is 218 Å². The Morgan fingerprint density at radius 1 is 1.11 bits per heavy atom. The molecule has 2 aliphatic carbocycles. The molecule has 0 aliphatic heterocycles. The Bertz CT molecular complexity index is 1530. The molecule has 0 bridgehead atoms. The number of ether oxygens (including phenoxy) is 1. The van der Waals surface area contributed by atoms with Gasteiger partial charge >= 0.3 is 6.09 Å². The maximum Gasteiger partial charge on any atom is 0.411 e. The zero-order valence-corrected chi connectivity index (χ0v) is 21.2. The second kappa shape index (κ2) is 9.40. The van der Waals surface area contributed by atoms with Gasteiger partial charge in [0.2, 0.25) is 0 Å². The lowest BCUT2D eigenvalue weighted by Gasteiger charge is -2.30. The van der Waals surface area contributed by atoms with E-state index in [1.165, 1.54) is 6.42 Å². The number of nitrogens with one attached hydrogen (secondary N) is 1. The topological polar surface area (TPSA) is 79.9 Å². The Hall–Kier alpha value is -4.11. The maximum absolute atomic E-state index is 12.3. The molecule has 6 nitrogen and oxygen atoms in total. The summed E-state index contributed by atoms with van der Waals surface area (Å²) in [6, 6.07) is 20.9. The van der Waals surface area contributed by atoms with E-state index in [1.54, 1.807) is 0 Å². The fourth-order valence-electron chi connectivity index (χ4n) is 5.27. The molecular weight excluding hydrogens is 460 g/mol. The second-order valence-corrected chi connectivity index (χ2v) is 10.4. The molecule has 37 heavy (non-hydrogen) atoms. The standard InChI is InChI=1S/C31H30N4O2.H2/c1-19-14-15-33-28(16-19)23-10-13-26-27(18-32)30(35(29(26)17-23)25-4-3-5-25)22-8-11-24(12-9-22)34-31(36)37-20(2)21-6-7-21;/h8-17,20-21,25H,3-7H2,1-2H3,(H,34,36);1H/t20-;/m1./s1. The lowest BCUT2D eigenvalue weighted by Crippen LogP contribution is -2.21. The average molecular weight is 493 g/mol. The lowest BCUT2D eigenvalue weighted by molar-refractivity contribution is 0.108. The van der Waals surface area contributed by atoms with Crippen LogP contribution in [-0.2, 0) is 4.74 Å². The van der Waals surface area contributed by atoms with Crippen LogP contribution in [0.5, 0.6) is 0 Å². The third-order valence-electron chi connectivity index (χ3n) is 7.75. The molecule has 6 rings (SSSR count). The van der Waals surface area contributed by atoms with Crippen LogP contribution in [0.15, 0.2) is 60.8 Å². The smallest absolute Gasteiger partial charge is 0.411 e. The van der Waals surface area contributed by atoms with Crippen LogP contribution in [0.2, 0.25) is 0 Å². The van der Waals surface area contributed by atoms with Gasteiger partial charge in [0.15, 0.2) is 0 Å². The number of hydrogen-bond donors (Lipinski definition) is 1. The molecule has 1 atom stereocenters. The summed E-state index contributed by atoms with van der Waals surface area (Å²) >= 11 is 0. The zero-order chi connectivity index (χ0) is 25.5. The van der Waals surface area contributed by atoms with Crippen molar-refractivity contribution < 1.29 is 11.0 Å². The summed E-state index contributed by atoms with van der Waals surface area (Å²) in [6.45, 7) is 4.02. The molecule has 2 aliphatic rings. The molecule has 1 N–H and O–H groups in total. The van der Waals surface area contributed by atoms with Crippen molar-refractivity contribution in [1.29, 1.82) is 5.26 Å². The van der Waals surface area contributed by atoms with E-state index in [0.29, 0.717) is 23.2 Å². The molecule has 0 spiro atoms. The molecule has 1 amide bonds. The molecule has 0 saturated heterocycles. The van der Waals surface area contributed by atoms with Crippen molar-refractivity contribution in [3.05, 3.63) is 71.9 Å². The third-order valence-corrected chi connectivity index (χ3v) is 7.75. The number of carbonyl (C=O) groups excluding carboxylic acids is 1. The van der Waals surface area contributed by atoms with E-state index in [2.05, 4.69) is 52.1 Å². The molecule has 0 radical (unpaired) electrons. The molecule has 2 fully saturated rings. The van der Waals surface area contributed by atoms with Crippen molar-refractivity contribution in [1.82, 2.24) is 9.55 Å². The molecular formula is C31H32N4O2. The van der Waals surface area contributed by atoms with Crippen LogP contribution >= 0.6 is 0 Å². The van der Waals surface area contributed by atoms with E-state index >= 15 is 0 Å². The minimum absolute atomic E-state index is 0. The van der Waals surface area contributed by atoms with Gasteiger partial charge in [-0.1, -0.05) is 24.3 Å². The molecule has 0 unspecified atom stereocenters. The van der Waals surface area contributed by atoms with Gasteiger partial charge in [-0.25, -0.2) is 4.79 Å². The molecule has 2 aromatic carbocycles. The number of aromatic nitrogens is 2. The van der Waals surface area contributed by atoms with Crippen LogP contribution in [0.3, 0.4) is 0 Å². The Morgan fingerprint density at radius 2 is 1.86 bits per heavy atom. The summed E-state index contributed by atoms with van der Waals surface area (Å²) in [7, 11) is 0. The first-order chi connectivity index (χ1) is 18.0. The van der Waals surface area contributed by atoms with E-state index in [9.17, 15) is 10.1 Å². The fraction of sp³-hybridized carbons (Fsp3) is 0.323. The van der Waals surface area contributed by atoms with E-state index < -0.39 is 6.09 Å². The van der Waals surface area contributed by atoms with Gasteiger partial charge in [-0.15, -0.1) is 0 Å². The highest BCUT2D eigenvalue weighted by molar-refractivity contribution is 5.97. The largest absolute Gasteiger partial charge is 0.446 e. The van der Waals surface area contributed by atoms with Gasteiger partial charge < -0.3 is 9.30 Å². The van der Waals surface area contributed by atoms with E-state index in [-0.39, 0.29) is 7.53 Å². The highest BCUT2D eigenvalue weighted by atomic mass is 16.6. The molecule has 4 aromatic rings. The van der Waals surface area contributed by atoms with Gasteiger partial charge in [-0.05, 0) is 93.3 Å². The van der Waals surface area contributed by atoms with Crippen LogP contribution < -0.4 is 5.32 Å². The van der Waals surface area contributed by atoms with Crippen molar-refractivity contribution in [2.75, 3.05) is 5.32 Å². The molecule has 6 heteroatoms. The summed E-state index contributed by atoms with van der Waals surface area (Å²) in [5.74, 6) is 0.494. The predicted octanol–water partition coefficient (Wildman–Crippen LogP) is 7.87. The minimum Gasteiger partial charge on any atom is -0.446 e. The summed E-state index contributed by atoms with van der Waals surface area (Å²) in [6.07, 6.45) is 6.99. The number of anilines is 1. The number of carbonyl (C=O) groups is 1. The van der Waals surface area contributed by atoms with Crippen LogP contribution in [0.4, 0.5) is 10.5 Å². The molecule has 2 aromatic heterocycles. The van der Waals surface area contributed by atoms with Crippen LogP contribution in [0.1, 0.15) is 57.6 Å². The number of hydrogen-bond acceptors (Lipinski definition) is 4. The zero-order valence-electron chi connectivity index (χ0n) is 21.2. The van der Waals surface area contributed by atoms with Crippen molar-refractivity contribution in [3.8, 4) is 28.6 Å².